The summed E-state index contributed by atoms with van der Waals surface area (Å²) in [7, 11) is 0. The lowest BCUT2D eigenvalue weighted by Gasteiger charge is -2.10. The van der Waals surface area contributed by atoms with Gasteiger partial charge in [0.2, 0.25) is 5.43 Å². The van der Waals surface area contributed by atoms with Crippen molar-refractivity contribution in [2.24, 2.45) is 5.92 Å². The van der Waals surface area contributed by atoms with Gasteiger partial charge in [0.25, 0.3) is 0 Å². The molecule has 0 unspecified atom stereocenters. The van der Waals surface area contributed by atoms with E-state index >= 15 is 0 Å². The smallest absolute Gasteiger partial charge is 0.218 e. The highest BCUT2D eigenvalue weighted by Gasteiger charge is 2.02. The maximum Gasteiger partial charge on any atom is 0.218 e. The fourth-order valence-electron chi connectivity index (χ4n) is 1.23. The number of ether oxygens (including phenoxy) is 1. The quantitative estimate of drug-likeness (QED) is 0.842. The molecule has 90 valence electrons. The summed E-state index contributed by atoms with van der Waals surface area (Å²) in [5.41, 5.74) is 5.65. The van der Waals surface area contributed by atoms with Gasteiger partial charge in [0.05, 0.1) is 16.8 Å². The van der Waals surface area contributed by atoms with Gasteiger partial charge in [-0.15, -0.1) is 0 Å². The zero-order chi connectivity index (χ0) is 12.1. The minimum absolute atomic E-state index is 0.167. The first kappa shape index (κ1) is 13.3. The summed E-state index contributed by atoms with van der Waals surface area (Å²) in [5.74, 6) is 0.533. The van der Waals surface area contributed by atoms with Gasteiger partial charge >= 0.3 is 0 Å². The minimum atomic E-state index is -0.167. The Bertz CT molecular complexity index is 375. The SMILES string of the molecule is CC(C)COCCn1cc(N)c(=O)c(Br)c1. The molecule has 1 rings (SSSR count). The third-order valence-corrected chi connectivity index (χ3v) is 2.57. The van der Waals surface area contributed by atoms with Crippen molar-refractivity contribution in [2.75, 3.05) is 18.9 Å². The Hall–Kier alpha value is -0.810. The van der Waals surface area contributed by atoms with Crippen LogP contribution in [0.25, 0.3) is 0 Å². The molecule has 4 nitrogen and oxygen atoms in total. The van der Waals surface area contributed by atoms with Crippen LogP contribution >= 0.6 is 15.9 Å². The Morgan fingerprint density at radius 2 is 2.19 bits per heavy atom. The lowest BCUT2D eigenvalue weighted by molar-refractivity contribution is 0.103. The molecular formula is C11H17BrN2O2. The normalized spacial score (nSPS) is 11.0. The van der Waals surface area contributed by atoms with Crippen LogP contribution in [0.1, 0.15) is 13.8 Å². The molecule has 0 atom stereocenters. The van der Waals surface area contributed by atoms with E-state index in [2.05, 4.69) is 29.8 Å². The summed E-state index contributed by atoms with van der Waals surface area (Å²) in [6.45, 7) is 6.27. The van der Waals surface area contributed by atoms with Crippen LogP contribution < -0.4 is 11.2 Å². The summed E-state index contributed by atoms with van der Waals surface area (Å²) in [5, 5.41) is 0. The molecule has 0 amide bonds. The molecule has 2 N–H and O–H groups in total. The molecule has 0 saturated carbocycles. The highest BCUT2D eigenvalue weighted by atomic mass is 79.9. The molecule has 0 saturated heterocycles. The largest absolute Gasteiger partial charge is 0.394 e. The van der Waals surface area contributed by atoms with E-state index in [1.807, 2.05) is 4.57 Å². The van der Waals surface area contributed by atoms with Gasteiger partial charge in [-0.3, -0.25) is 4.79 Å². The van der Waals surface area contributed by atoms with E-state index in [0.717, 1.165) is 6.61 Å². The maximum atomic E-state index is 11.3. The van der Waals surface area contributed by atoms with Crippen LogP contribution in [0.4, 0.5) is 5.69 Å². The fourth-order valence-corrected chi connectivity index (χ4v) is 1.73. The molecule has 5 heteroatoms. The van der Waals surface area contributed by atoms with Crippen molar-refractivity contribution in [1.82, 2.24) is 4.57 Å². The standard InChI is InChI=1S/C11H17BrN2O2/c1-8(2)7-16-4-3-14-5-9(12)11(15)10(13)6-14/h5-6,8H,3-4,7,13H2,1-2H3. The summed E-state index contributed by atoms with van der Waals surface area (Å²) >= 11 is 3.17. The first-order chi connectivity index (χ1) is 7.50. The van der Waals surface area contributed by atoms with Crippen molar-refractivity contribution in [1.29, 1.82) is 0 Å². The Balaban J connectivity index is 2.52. The van der Waals surface area contributed by atoms with E-state index in [1.165, 1.54) is 0 Å². The van der Waals surface area contributed by atoms with Gasteiger partial charge in [-0.2, -0.15) is 0 Å². The molecule has 0 aliphatic heterocycles. The van der Waals surface area contributed by atoms with Gasteiger partial charge in [-0.25, -0.2) is 0 Å². The second-order valence-electron chi connectivity index (χ2n) is 4.10. The van der Waals surface area contributed by atoms with Crippen molar-refractivity contribution >= 4 is 21.6 Å². The van der Waals surface area contributed by atoms with Crippen molar-refractivity contribution in [2.45, 2.75) is 20.4 Å². The molecule has 0 fully saturated rings. The van der Waals surface area contributed by atoms with Crippen LogP contribution in [0, 0.1) is 5.92 Å². The Kier molecular flexibility index (Phi) is 5.02. The van der Waals surface area contributed by atoms with Crippen LogP contribution in [0.15, 0.2) is 21.7 Å². The van der Waals surface area contributed by atoms with E-state index in [1.54, 1.807) is 12.4 Å². The molecular weight excluding hydrogens is 272 g/mol. The van der Waals surface area contributed by atoms with E-state index in [-0.39, 0.29) is 11.1 Å². The lowest BCUT2D eigenvalue weighted by atomic mass is 10.2. The van der Waals surface area contributed by atoms with E-state index in [4.69, 9.17) is 10.5 Å². The molecule has 0 bridgehead atoms. The summed E-state index contributed by atoms with van der Waals surface area (Å²) in [4.78, 5) is 11.3. The van der Waals surface area contributed by atoms with Gasteiger partial charge in [0, 0.05) is 25.5 Å². The molecule has 1 aromatic rings. The van der Waals surface area contributed by atoms with Gasteiger partial charge in [0.1, 0.15) is 0 Å². The van der Waals surface area contributed by atoms with E-state index < -0.39 is 0 Å². The second-order valence-corrected chi connectivity index (χ2v) is 4.95. The number of nitrogens with zero attached hydrogens (tertiary/aromatic N) is 1. The van der Waals surface area contributed by atoms with Crippen molar-refractivity contribution in [3.05, 3.63) is 27.1 Å². The summed E-state index contributed by atoms with van der Waals surface area (Å²) in [6.07, 6.45) is 3.35. The number of rotatable bonds is 5. The third-order valence-electron chi connectivity index (χ3n) is 2.01. The van der Waals surface area contributed by atoms with E-state index in [0.29, 0.717) is 23.5 Å². The van der Waals surface area contributed by atoms with Crippen molar-refractivity contribution in [3.63, 3.8) is 0 Å². The minimum Gasteiger partial charge on any atom is -0.394 e. The molecule has 1 aromatic heterocycles. The van der Waals surface area contributed by atoms with Gasteiger partial charge in [-0.1, -0.05) is 13.8 Å². The zero-order valence-corrected chi connectivity index (χ0v) is 11.2. The van der Waals surface area contributed by atoms with Crippen molar-refractivity contribution in [3.8, 4) is 0 Å². The van der Waals surface area contributed by atoms with Crippen LogP contribution in [0.5, 0.6) is 0 Å². The molecule has 1 heterocycles. The zero-order valence-electron chi connectivity index (χ0n) is 9.57. The maximum absolute atomic E-state index is 11.3. The Morgan fingerprint density at radius 1 is 1.50 bits per heavy atom. The number of pyridine rings is 1. The van der Waals surface area contributed by atoms with Gasteiger partial charge < -0.3 is 15.0 Å². The average Bonchev–Trinajstić information content (AvgIpc) is 2.20. The lowest BCUT2D eigenvalue weighted by Crippen LogP contribution is -2.15. The molecule has 0 radical (unpaired) electrons. The summed E-state index contributed by atoms with van der Waals surface area (Å²) < 4.78 is 7.78. The highest BCUT2D eigenvalue weighted by molar-refractivity contribution is 9.10. The average molecular weight is 289 g/mol. The van der Waals surface area contributed by atoms with Crippen LogP contribution in [0.3, 0.4) is 0 Å². The number of hydrogen-bond acceptors (Lipinski definition) is 3. The van der Waals surface area contributed by atoms with Crippen LogP contribution in [-0.2, 0) is 11.3 Å². The fraction of sp³-hybridized carbons (Fsp3) is 0.545. The number of anilines is 1. The Morgan fingerprint density at radius 3 is 2.75 bits per heavy atom. The summed E-state index contributed by atoms with van der Waals surface area (Å²) in [6, 6.07) is 0. The first-order valence-electron chi connectivity index (χ1n) is 5.23. The van der Waals surface area contributed by atoms with Gasteiger partial charge in [-0.05, 0) is 21.8 Å². The molecule has 0 aliphatic carbocycles. The number of aromatic nitrogens is 1. The van der Waals surface area contributed by atoms with Crippen LogP contribution in [0.2, 0.25) is 0 Å². The molecule has 0 aromatic carbocycles. The predicted octanol–water partition coefficient (Wildman–Crippen LogP) is 1.87. The third kappa shape index (κ3) is 3.98. The Labute approximate surface area is 104 Å². The number of halogens is 1. The second kappa shape index (κ2) is 6.06. The number of hydrogen-bond donors (Lipinski definition) is 1. The molecule has 0 spiro atoms. The topological polar surface area (TPSA) is 57.2 Å². The highest BCUT2D eigenvalue weighted by Crippen LogP contribution is 2.06. The van der Waals surface area contributed by atoms with E-state index in [9.17, 15) is 4.79 Å². The van der Waals surface area contributed by atoms with Crippen LogP contribution in [-0.4, -0.2) is 17.8 Å². The van der Waals surface area contributed by atoms with Gasteiger partial charge in [0.15, 0.2) is 0 Å². The monoisotopic (exact) mass is 288 g/mol. The van der Waals surface area contributed by atoms with Crippen molar-refractivity contribution < 1.29 is 4.74 Å². The predicted molar refractivity (Wildman–Crippen MR) is 68.5 cm³/mol. The number of nitrogens with two attached hydrogens (primary N) is 1. The number of nitrogen functional groups attached to an aromatic ring is 1. The molecule has 16 heavy (non-hydrogen) atoms. The molecule has 0 aliphatic rings. The first-order valence-corrected chi connectivity index (χ1v) is 6.03.